The van der Waals surface area contributed by atoms with Gasteiger partial charge in [-0.15, -0.1) is 0 Å². The number of fused-ring (bicyclic) bond motifs is 3. The van der Waals surface area contributed by atoms with Crippen molar-refractivity contribution in [1.82, 2.24) is 0 Å². The van der Waals surface area contributed by atoms with Crippen LogP contribution in [0.5, 0.6) is 23.0 Å². The normalized spacial score (nSPS) is 12.4. The molecule has 0 unspecified atom stereocenters. The number of carbonyl (C=O) groups excluding carboxylic acids is 1. The van der Waals surface area contributed by atoms with Gasteiger partial charge < -0.3 is 27.8 Å². The highest BCUT2D eigenvalue weighted by Crippen LogP contribution is 2.37. The number of rotatable bonds is 6. The molecule has 0 saturated heterocycles. The Morgan fingerprint density at radius 3 is 2.43 bits per heavy atom. The van der Waals surface area contributed by atoms with Gasteiger partial charge in [0, 0.05) is 17.0 Å². The molecule has 0 atom stereocenters. The number of carbonyl (C=O) groups is 1. The van der Waals surface area contributed by atoms with Crippen molar-refractivity contribution in [2.45, 2.75) is 6.92 Å². The minimum atomic E-state index is -0.615. The first-order valence-corrected chi connectivity index (χ1v) is 13.5. The van der Waals surface area contributed by atoms with Crippen LogP contribution >= 0.6 is 0 Å². The van der Waals surface area contributed by atoms with Crippen molar-refractivity contribution >= 4 is 27.9 Å². The van der Waals surface area contributed by atoms with Gasteiger partial charge in [-0.2, -0.15) is 0 Å². The average Bonchev–Trinajstić information content (AvgIpc) is 3.41. The van der Waals surface area contributed by atoms with Crippen molar-refractivity contribution < 1.29 is 32.6 Å². The number of ether oxygens (including phenoxy) is 4. The molecule has 0 amide bonds. The molecule has 1 aliphatic rings. The Labute approximate surface area is 239 Å². The number of benzene rings is 4. The van der Waals surface area contributed by atoms with E-state index in [2.05, 4.69) is 0 Å². The zero-order valence-corrected chi connectivity index (χ0v) is 22.5. The molecular formula is C34H24O8. The highest BCUT2D eigenvalue weighted by molar-refractivity contribution is 6.10. The number of furan rings is 1. The van der Waals surface area contributed by atoms with Crippen LogP contribution in [0.15, 0.2) is 105 Å². The van der Waals surface area contributed by atoms with E-state index in [0.29, 0.717) is 70.3 Å². The lowest BCUT2D eigenvalue weighted by Gasteiger charge is -2.18. The van der Waals surface area contributed by atoms with Crippen LogP contribution in [0.3, 0.4) is 0 Å². The molecule has 8 nitrogen and oxygen atoms in total. The molecule has 6 aromatic rings. The summed E-state index contributed by atoms with van der Waals surface area (Å²) in [6.45, 7) is 3.30. The van der Waals surface area contributed by atoms with E-state index in [1.165, 1.54) is 12.3 Å². The van der Waals surface area contributed by atoms with Crippen molar-refractivity contribution in [3.63, 3.8) is 0 Å². The molecule has 0 aliphatic carbocycles. The monoisotopic (exact) mass is 560 g/mol. The summed E-state index contributed by atoms with van der Waals surface area (Å²) >= 11 is 0. The van der Waals surface area contributed by atoms with Crippen LogP contribution in [0.2, 0.25) is 0 Å². The molecule has 0 spiro atoms. The first-order valence-electron chi connectivity index (χ1n) is 13.5. The van der Waals surface area contributed by atoms with Crippen LogP contribution in [0, 0.1) is 0 Å². The molecular weight excluding hydrogens is 536 g/mol. The van der Waals surface area contributed by atoms with Gasteiger partial charge >= 0.3 is 5.97 Å². The number of hydrogen-bond acceptors (Lipinski definition) is 8. The largest absolute Gasteiger partial charge is 0.494 e. The van der Waals surface area contributed by atoms with Gasteiger partial charge in [0.05, 0.1) is 17.6 Å². The summed E-state index contributed by atoms with van der Waals surface area (Å²) in [6.07, 6.45) is 1.40. The van der Waals surface area contributed by atoms with Crippen molar-refractivity contribution in [2.75, 3.05) is 19.8 Å². The second-order valence-electron chi connectivity index (χ2n) is 9.65. The number of hydrogen-bond donors (Lipinski definition) is 0. The Morgan fingerprint density at radius 1 is 0.786 bits per heavy atom. The molecule has 0 bridgehead atoms. The predicted molar refractivity (Wildman–Crippen MR) is 157 cm³/mol. The van der Waals surface area contributed by atoms with Crippen molar-refractivity contribution in [1.29, 1.82) is 0 Å². The quantitative estimate of drug-likeness (QED) is 0.155. The van der Waals surface area contributed by atoms with Crippen LogP contribution in [0.25, 0.3) is 44.4 Å². The zero-order chi connectivity index (χ0) is 28.6. The maximum absolute atomic E-state index is 13.7. The molecule has 0 saturated carbocycles. The standard InChI is InChI=1S/C34H24O8/c1-2-37-22-10-13-27-25(17-22)31(33(42-27)20-6-4-3-5-7-20)34(36)41-23-9-11-24-29(18-23)40-19-26(32(24)35)21-8-12-28-30(16-21)39-15-14-38-28/h3-13,16-19H,2,14-15H2,1H3. The minimum Gasteiger partial charge on any atom is -0.494 e. The fourth-order valence-corrected chi connectivity index (χ4v) is 5.07. The number of esters is 1. The van der Waals surface area contributed by atoms with Gasteiger partial charge in [0.25, 0.3) is 0 Å². The van der Waals surface area contributed by atoms with E-state index in [9.17, 15) is 9.59 Å². The van der Waals surface area contributed by atoms with Gasteiger partial charge in [-0.05, 0) is 55.0 Å². The molecule has 2 aromatic heterocycles. The lowest BCUT2D eigenvalue weighted by Crippen LogP contribution is -2.15. The van der Waals surface area contributed by atoms with E-state index in [4.69, 9.17) is 27.8 Å². The van der Waals surface area contributed by atoms with Crippen LogP contribution < -0.4 is 24.4 Å². The van der Waals surface area contributed by atoms with Crippen LogP contribution in [0.4, 0.5) is 0 Å². The third-order valence-electron chi connectivity index (χ3n) is 7.02. The van der Waals surface area contributed by atoms with Gasteiger partial charge in [0.15, 0.2) is 16.9 Å². The topological polar surface area (TPSA) is 97.3 Å². The third-order valence-corrected chi connectivity index (χ3v) is 7.02. The second-order valence-corrected chi connectivity index (χ2v) is 9.65. The molecule has 0 radical (unpaired) electrons. The predicted octanol–water partition coefficient (Wildman–Crippen LogP) is 7.26. The Bertz CT molecular complexity index is 2020. The SMILES string of the molecule is CCOc1ccc2oc(-c3ccccc3)c(C(=O)Oc3ccc4c(=O)c(-c5ccc6c(c5)OCCO6)coc4c3)c2c1. The maximum Gasteiger partial charge on any atom is 0.348 e. The fraction of sp³-hybridized carbons (Fsp3) is 0.118. The molecule has 4 aromatic carbocycles. The summed E-state index contributed by atoms with van der Waals surface area (Å²) < 4.78 is 34.7. The summed E-state index contributed by atoms with van der Waals surface area (Å²) in [4.78, 5) is 27.1. The molecule has 1 aliphatic heterocycles. The van der Waals surface area contributed by atoms with Crippen LogP contribution in [-0.4, -0.2) is 25.8 Å². The maximum atomic E-state index is 13.7. The van der Waals surface area contributed by atoms with Gasteiger partial charge in [0.2, 0.25) is 0 Å². The second kappa shape index (κ2) is 10.5. The zero-order valence-electron chi connectivity index (χ0n) is 22.5. The molecule has 3 heterocycles. The van der Waals surface area contributed by atoms with Crippen molar-refractivity contribution in [2.24, 2.45) is 0 Å². The van der Waals surface area contributed by atoms with Crippen molar-refractivity contribution in [3.8, 4) is 45.4 Å². The van der Waals surface area contributed by atoms with Crippen LogP contribution in [0.1, 0.15) is 17.3 Å². The van der Waals surface area contributed by atoms with E-state index in [0.717, 1.165) is 5.56 Å². The van der Waals surface area contributed by atoms with Crippen molar-refractivity contribution in [3.05, 3.63) is 107 Å². The summed E-state index contributed by atoms with van der Waals surface area (Å²) in [5.41, 5.74) is 2.62. The molecule has 0 fully saturated rings. The van der Waals surface area contributed by atoms with Crippen LogP contribution in [-0.2, 0) is 0 Å². The molecule has 8 heteroatoms. The minimum absolute atomic E-state index is 0.219. The van der Waals surface area contributed by atoms with E-state index in [1.807, 2.05) is 37.3 Å². The van der Waals surface area contributed by atoms with E-state index in [-0.39, 0.29) is 22.3 Å². The Kier molecular flexibility index (Phi) is 6.35. The van der Waals surface area contributed by atoms with Gasteiger partial charge in [0.1, 0.15) is 53.5 Å². The lowest BCUT2D eigenvalue weighted by atomic mass is 10.0. The highest BCUT2D eigenvalue weighted by atomic mass is 16.6. The molecule has 7 rings (SSSR count). The summed E-state index contributed by atoms with van der Waals surface area (Å²) in [7, 11) is 0. The first-order chi connectivity index (χ1) is 20.6. The Balaban J connectivity index is 1.24. The van der Waals surface area contributed by atoms with Gasteiger partial charge in [-0.3, -0.25) is 4.79 Å². The van der Waals surface area contributed by atoms with E-state index in [1.54, 1.807) is 48.5 Å². The lowest BCUT2D eigenvalue weighted by molar-refractivity contribution is 0.0737. The molecule has 208 valence electrons. The highest BCUT2D eigenvalue weighted by Gasteiger charge is 2.25. The summed E-state index contributed by atoms with van der Waals surface area (Å²) in [5, 5.41) is 0.920. The summed E-state index contributed by atoms with van der Waals surface area (Å²) in [6, 6.07) is 24.7. The smallest absolute Gasteiger partial charge is 0.348 e. The Morgan fingerprint density at radius 2 is 1.60 bits per heavy atom. The molecule has 42 heavy (non-hydrogen) atoms. The Hall–Kier alpha value is -5.50. The van der Waals surface area contributed by atoms with E-state index < -0.39 is 5.97 Å². The summed E-state index contributed by atoms with van der Waals surface area (Å²) in [5.74, 6) is 1.82. The van der Waals surface area contributed by atoms with Gasteiger partial charge in [-0.1, -0.05) is 36.4 Å². The average molecular weight is 561 g/mol. The van der Waals surface area contributed by atoms with Gasteiger partial charge in [-0.25, -0.2) is 4.79 Å². The third kappa shape index (κ3) is 4.53. The fourth-order valence-electron chi connectivity index (χ4n) is 5.07. The molecule has 0 N–H and O–H groups in total. The van der Waals surface area contributed by atoms with E-state index >= 15 is 0 Å². The first kappa shape index (κ1) is 25.5.